The van der Waals surface area contributed by atoms with Gasteiger partial charge in [0.05, 0.1) is 4.75 Å². The third-order valence-corrected chi connectivity index (χ3v) is 5.44. The molecule has 0 aliphatic heterocycles. The van der Waals surface area contributed by atoms with Crippen molar-refractivity contribution in [2.75, 3.05) is 6.26 Å². The minimum atomic E-state index is -0.170. The molecule has 0 radical (unpaired) electrons. The Kier molecular flexibility index (Phi) is 9.83. The summed E-state index contributed by atoms with van der Waals surface area (Å²) in [5.41, 5.74) is 5.25. The van der Waals surface area contributed by atoms with Gasteiger partial charge in [0.1, 0.15) is 0 Å². The average molecular weight is 365 g/mol. The van der Waals surface area contributed by atoms with Crippen LogP contribution in [-0.4, -0.2) is 6.26 Å². The van der Waals surface area contributed by atoms with Gasteiger partial charge in [-0.1, -0.05) is 118 Å². The topological polar surface area (TPSA) is 0 Å². The van der Waals surface area contributed by atoms with Gasteiger partial charge in [0, 0.05) is 0 Å². The van der Waals surface area contributed by atoms with Crippen molar-refractivity contribution in [3.8, 4) is 0 Å². The van der Waals surface area contributed by atoms with Gasteiger partial charge in [-0.3, -0.25) is 0 Å². The Morgan fingerprint density at radius 2 is 0.885 bits per heavy atom. The molecule has 0 saturated heterocycles. The molecular weight excluding hydrogens is 332 g/mol. The molecule has 0 saturated carbocycles. The molecule has 0 amide bonds. The van der Waals surface area contributed by atoms with Gasteiger partial charge < -0.3 is 0 Å². The molecule has 0 atom stereocenters. The fourth-order valence-electron chi connectivity index (χ4n) is 2.99. The summed E-state index contributed by atoms with van der Waals surface area (Å²) in [6, 6.07) is 30.5. The van der Waals surface area contributed by atoms with Crippen molar-refractivity contribution in [3.05, 3.63) is 107 Å². The number of rotatable bonds is 4. The molecule has 0 aliphatic carbocycles. The molecule has 3 aromatic carbocycles. The lowest BCUT2D eigenvalue weighted by molar-refractivity contribution is 0.897. The van der Waals surface area contributed by atoms with Gasteiger partial charge >= 0.3 is 0 Å². The summed E-state index contributed by atoms with van der Waals surface area (Å²) in [7, 11) is 0. The zero-order valence-electron chi connectivity index (χ0n) is 17.0. The van der Waals surface area contributed by atoms with Crippen molar-refractivity contribution in [2.24, 2.45) is 0 Å². The standard InChI is InChI=1S/C21H20S.2C2H6/c1-17-13-15-20(16-14-17)21(22-2,18-9-5-3-6-10-18)19-11-7-4-8-12-19;2*1-2/h3-16H,1-2H3;2*1-2H3. The smallest absolute Gasteiger partial charge is 0.0904 e. The fraction of sp³-hybridized carbons (Fsp3) is 0.280. The van der Waals surface area contributed by atoms with Crippen LogP contribution in [0.15, 0.2) is 84.9 Å². The van der Waals surface area contributed by atoms with Gasteiger partial charge in [0.25, 0.3) is 0 Å². The molecule has 0 aliphatic rings. The zero-order chi connectivity index (χ0) is 19.4. The quantitative estimate of drug-likeness (QED) is 0.427. The summed E-state index contributed by atoms with van der Waals surface area (Å²) < 4.78 is -0.170. The SMILES string of the molecule is CC.CC.CSC(c1ccccc1)(c1ccccc1)c1ccc(C)cc1. The van der Waals surface area contributed by atoms with E-state index in [1.165, 1.54) is 22.3 Å². The first-order valence-electron chi connectivity index (χ1n) is 9.51. The average Bonchev–Trinajstić information content (AvgIpc) is 2.75. The number of hydrogen-bond acceptors (Lipinski definition) is 1. The van der Waals surface area contributed by atoms with Crippen LogP contribution in [0.25, 0.3) is 0 Å². The van der Waals surface area contributed by atoms with Gasteiger partial charge in [0.2, 0.25) is 0 Å². The molecule has 138 valence electrons. The van der Waals surface area contributed by atoms with E-state index in [4.69, 9.17) is 0 Å². The molecule has 0 fully saturated rings. The molecule has 0 bridgehead atoms. The molecule has 3 rings (SSSR count). The fourth-order valence-corrected chi connectivity index (χ4v) is 4.10. The van der Waals surface area contributed by atoms with E-state index in [1.54, 1.807) is 0 Å². The maximum atomic E-state index is 2.26. The Bertz CT molecular complexity index is 676. The van der Waals surface area contributed by atoms with Crippen LogP contribution in [0.5, 0.6) is 0 Å². The Hall–Kier alpha value is -1.99. The normalized spacial score (nSPS) is 10.1. The predicted octanol–water partition coefficient (Wildman–Crippen LogP) is 7.70. The van der Waals surface area contributed by atoms with Crippen LogP contribution in [0.3, 0.4) is 0 Å². The lowest BCUT2D eigenvalue weighted by Gasteiger charge is -2.34. The van der Waals surface area contributed by atoms with Crippen molar-refractivity contribution in [3.63, 3.8) is 0 Å². The molecule has 0 heterocycles. The number of thioether (sulfide) groups is 1. The first-order chi connectivity index (χ1) is 12.8. The van der Waals surface area contributed by atoms with E-state index in [0.717, 1.165) is 0 Å². The maximum Gasteiger partial charge on any atom is 0.0904 e. The lowest BCUT2D eigenvalue weighted by Crippen LogP contribution is -2.25. The highest BCUT2D eigenvalue weighted by Gasteiger charge is 2.35. The van der Waals surface area contributed by atoms with Crippen molar-refractivity contribution >= 4 is 11.8 Å². The van der Waals surface area contributed by atoms with Gasteiger partial charge in [-0.15, -0.1) is 11.8 Å². The molecule has 0 nitrogen and oxygen atoms in total. The highest BCUT2D eigenvalue weighted by Crippen LogP contribution is 2.47. The summed E-state index contributed by atoms with van der Waals surface area (Å²) in [6.07, 6.45) is 2.19. The van der Waals surface area contributed by atoms with Crippen molar-refractivity contribution in [2.45, 2.75) is 39.4 Å². The Morgan fingerprint density at radius 3 is 1.23 bits per heavy atom. The largest absolute Gasteiger partial charge is 0.144 e. The molecule has 1 heteroatoms. The Morgan fingerprint density at radius 1 is 0.538 bits per heavy atom. The molecule has 0 aromatic heterocycles. The minimum absolute atomic E-state index is 0.170. The molecular formula is C25H32S. The second-order valence-electron chi connectivity index (χ2n) is 5.48. The lowest BCUT2D eigenvalue weighted by atomic mass is 9.84. The summed E-state index contributed by atoms with van der Waals surface area (Å²) in [5.74, 6) is 0. The first-order valence-corrected chi connectivity index (χ1v) is 10.7. The maximum absolute atomic E-state index is 2.26. The second kappa shape index (κ2) is 11.6. The van der Waals surface area contributed by atoms with E-state index in [9.17, 15) is 0 Å². The van der Waals surface area contributed by atoms with Crippen molar-refractivity contribution in [1.29, 1.82) is 0 Å². The molecule has 0 unspecified atom stereocenters. The van der Waals surface area contributed by atoms with Crippen LogP contribution < -0.4 is 0 Å². The summed E-state index contributed by atoms with van der Waals surface area (Å²) in [5, 5.41) is 0. The van der Waals surface area contributed by atoms with E-state index in [1.807, 2.05) is 39.5 Å². The van der Waals surface area contributed by atoms with Crippen molar-refractivity contribution < 1.29 is 0 Å². The van der Waals surface area contributed by atoms with E-state index in [2.05, 4.69) is 98.1 Å². The number of aryl methyl sites for hydroxylation is 1. The van der Waals surface area contributed by atoms with E-state index >= 15 is 0 Å². The Balaban J connectivity index is 0.000000791. The monoisotopic (exact) mass is 364 g/mol. The highest BCUT2D eigenvalue weighted by molar-refractivity contribution is 8.00. The van der Waals surface area contributed by atoms with Crippen LogP contribution in [-0.2, 0) is 4.75 Å². The molecule has 3 aromatic rings. The number of hydrogen-bond donors (Lipinski definition) is 0. The second-order valence-corrected chi connectivity index (χ2v) is 6.50. The zero-order valence-corrected chi connectivity index (χ0v) is 17.8. The van der Waals surface area contributed by atoms with Crippen LogP contribution in [0.4, 0.5) is 0 Å². The molecule has 0 spiro atoms. The van der Waals surface area contributed by atoms with E-state index in [-0.39, 0.29) is 4.75 Å². The van der Waals surface area contributed by atoms with Crippen molar-refractivity contribution in [1.82, 2.24) is 0 Å². The van der Waals surface area contributed by atoms with Gasteiger partial charge in [-0.2, -0.15) is 0 Å². The van der Waals surface area contributed by atoms with Gasteiger partial charge in [0.15, 0.2) is 0 Å². The van der Waals surface area contributed by atoms with Gasteiger partial charge in [-0.25, -0.2) is 0 Å². The third-order valence-electron chi connectivity index (χ3n) is 4.12. The van der Waals surface area contributed by atoms with E-state index in [0.29, 0.717) is 0 Å². The number of benzene rings is 3. The summed E-state index contributed by atoms with van der Waals surface area (Å²) >= 11 is 1.88. The van der Waals surface area contributed by atoms with Crippen LogP contribution >= 0.6 is 11.8 Å². The van der Waals surface area contributed by atoms with E-state index < -0.39 is 0 Å². The Labute approximate surface area is 164 Å². The minimum Gasteiger partial charge on any atom is -0.144 e. The first kappa shape index (κ1) is 22.1. The highest BCUT2D eigenvalue weighted by atomic mass is 32.2. The van der Waals surface area contributed by atoms with Crippen LogP contribution in [0.2, 0.25) is 0 Å². The summed E-state index contributed by atoms with van der Waals surface area (Å²) in [4.78, 5) is 0. The van der Waals surface area contributed by atoms with Crippen LogP contribution in [0, 0.1) is 6.92 Å². The van der Waals surface area contributed by atoms with Crippen LogP contribution in [0.1, 0.15) is 49.9 Å². The predicted molar refractivity (Wildman–Crippen MR) is 120 cm³/mol. The third kappa shape index (κ3) is 4.80. The summed E-state index contributed by atoms with van der Waals surface area (Å²) in [6.45, 7) is 10.1. The molecule has 0 N–H and O–H groups in total. The van der Waals surface area contributed by atoms with Gasteiger partial charge in [-0.05, 0) is 29.9 Å². The molecule has 26 heavy (non-hydrogen) atoms.